The average molecular weight is 329 g/mol. The second kappa shape index (κ2) is 5.81. The van der Waals surface area contributed by atoms with Crippen molar-refractivity contribution in [2.75, 3.05) is 0 Å². The minimum absolute atomic E-state index is 0.0391. The van der Waals surface area contributed by atoms with Crippen LogP contribution in [0, 0.1) is 0 Å². The van der Waals surface area contributed by atoms with Crippen LogP contribution < -0.4 is 11.2 Å². The van der Waals surface area contributed by atoms with Gasteiger partial charge in [-0.25, -0.2) is 14.8 Å². The van der Waals surface area contributed by atoms with Crippen LogP contribution in [0.3, 0.4) is 0 Å². The monoisotopic (exact) mass is 328 g/mol. The molecular weight excluding hydrogens is 316 g/mol. The molecule has 1 aromatic carbocycles. The number of aromatic nitrogens is 4. The second-order valence-corrected chi connectivity index (χ2v) is 5.41. The molecule has 23 heavy (non-hydrogen) atoms. The molecule has 7 heteroatoms. The van der Waals surface area contributed by atoms with E-state index in [4.69, 9.17) is 11.6 Å². The highest BCUT2D eigenvalue weighted by atomic mass is 35.5. The first-order valence-electron chi connectivity index (χ1n) is 6.84. The Bertz CT molecular complexity index is 993. The molecule has 0 N–H and O–H groups in total. The van der Waals surface area contributed by atoms with E-state index in [-0.39, 0.29) is 10.8 Å². The summed E-state index contributed by atoms with van der Waals surface area (Å²) in [6, 6.07) is 11.1. The summed E-state index contributed by atoms with van der Waals surface area (Å²) in [5.74, 6) is 0. The lowest BCUT2D eigenvalue weighted by Gasteiger charge is -2.08. The van der Waals surface area contributed by atoms with Crippen LogP contribution >= 0.6 is 11.6 Å². The Hall–Kier alpha value is -2.73. The van der Waals surface area contributed by atoms with Gasteiger partial charge in [-0.15, -0.1) is 0 Å². The molecule has 6 nitrogen and oxygen atoms in total. The van der Waals surface area contributed by atoms with E-state index >= 15 is 0 Å². The molecule has 0 amide bonds. The second-order valence-electron chi connectivity index (χ2n) is 5.07. The highest BCUT2D eigenvalue weighted by molar-refractivity contribution is 6.28. The van der Waals surface area contributed by atoms with Gasteiger partial charge >= 0.3 is 5.69 Å². The Morgan fingerprint density at radius 1 is 1.00 bits per heavy atom. The maximum absolute atomic E-state index is 12.3. The van der Waals surface area contributed by atoms with Crippen LogP contribution in [-0.2, 0) is 14.1 Å². The molecule has 2 aromatic heterocycles. The molecule has 0 saturated heterocycles. The number of aryl methyl sites for hydroxylation is 1. The number of rotatable bonds is 2. The van der Waals surface area contributed by atoms with Crippen LogP contribution in [0.5, 0.6) is 0 Å². The van der Waals surface area contributed by atoms with Gasteiger partial charge in [-0.2, -0.15) is 0 Å². The van der Waals surface area contributed by atoms with E-state index in [2.05, 4.69) is 9.97 Å². The lowest BCUT2D eigenvalue weighted by Crippen LogP contribution is -2.37. The SMILES string of the molecule is Cn1cc(-c2cc(-c3ccccc3)nc(Cl)n2)c(=O)n(C)c1=O. The van der Waals surface area contributed by atoms with Gasteiger partial charge in [0.15, 0.2) is 0 Å². The van der Waals surface area contributed by atoms with Crippen molar-refractivity contribution in [3.63, 3.8) is 0 Å². The summed E-state index contributed by atoms with van der Waals surface area (Å²) in [7, 11) is 3.00. The molecule has 3 rings (SSSR count). The Labute approximate surface area is 136 Å². The predicted molar refractivity (Wildman–Crippen MR) is 88.4 cm³/mol. The fourth-order valence-corrected chi connectivity index (χ4v) is 2.48. The van der Waals surface area contributed by atoms with Crippen molar-refractivity contribution in [2.45, 2.75) is 0 Å². The van der Waals surface area contributed by atoms with Gasteiger partial charge in [0, 0.05) is 25.9 Å². The van der Waals surface area contributed by atoms with Crippen LogP contribution in [0.15, 0.2) is 52.2 Å². The third-order valence-corrected chi connectivity index (χ3v) is 3.66. The Kier molecular flexibility index (Phi) is 3.83. The maximum Gasteiger partial charge on any atom is 0.330 e. The van der Waals surface area contributed by atoms with Gasteiger partial charge in [0.05, 0.1) is 17.0 Å². The highest BCUT2D eigenvalue weighted by Gasteiger charge is 2.13. The summed E-state index contributed by atoms with van der Waals surface area (Å²) < 4.78 is 2.36. The molecule has 0 fully saturated rings. The predicted octanol–water partition coefficient (Wildman–Crippen LogP) is 1.86. The Morgan fingerprint density at radius 2 is 1.65 bits per heavy atom. The van der Waals surface area contributed by atoms with E-state index < -0.39 is 11.2 Å². The first-order valence-corrected chi connectivity index (χ1v) is 7.22. The van der Waals surface area contributed by atoms with Gasteiger partial charge in [0.2, 0.25) is 5.28 Å². The van der Waals surface area contributed by atoms with Crippen LogP contribution in [-0.4, -0.2) is 19.1 Å². The quantitative estimate of drug-likeness (QED) is 0.673. The molecule has 2 heterocycles. The molecule has 0 aliphatic rings. The van der Waals surface area contributed by atoms with E-state index in [1.807, 2.05) is 30.3 Å². The first-order chi connectivity index (χ1) is 11.0. The number of hydrogen-bond acceptors (Lipinski definition) is 4. The van der Waals surface area contributed by atoms with Gasteiger partial charge in [0.1, 0.15) is 0 Å². The van der Waals surface area contributed by atoms with E-state index in [0.717, 1.165) is 10.1 Å². The number of hydrogen-bond donors (Lipinski definition) is 0. The van der Waals surface area contributed by atoms with E-state index in [1.165, 1.54) is 17.8 Å². The van der Waals surface area contributed by atoms with Crippen LogP contribution in [0.1, 0.15) is 0 Å². The zero-order chi connectivity index (χ0) is 16.6. The summed E-state index contributed by atoms with van der Waals surface area (Å²) in [5, 5.41) is 0.0391. The van der Waals surface area contributed by atoms with Crippen LogP contribution in [0.2, 0.25) is 5.28 Å². The van der Waals surface area contributed by atoms with Crippen molar-refractivity contribution in [2.24, 2.45) is 14.1 Å². The fraction of sp³-hybridized carbons (Fsp3) is 0.125. The van der Waals surface area contributed by atoms with Crippen molar-refractivity contribution in [1.29, 1.82) is 0 Å². The third kappa shape index (κ3) is 2.80. The first kappa shape index (κ1) is 15.2. The Balaban J connectivity index is 2.25. The third-order valence-electron chi connectivity index (χ3n) is 3.49. The van der Waals surface area contributed by atoms with Crippen LogP contribution in [0.25, 0.3) is 22.5 Å². The molecule has 0 aliphatic heterocycles. The molecule has 0 aliphatic carbocycles. The summed E-state index contributed by atoms with van der Waals surface area (Å²) in [6.07, 6.45) is 1.46. The van der Waals surface area contributed by atoms with Crippen molar-refractivity contribution in [3.8, 4) is 22.5 Å². The van der Waals surface area contributed by atoms with Gasteiger partial charge in [-0.3, -0.25) is 9.36 Å². The van der Waals surface area contributed by atoms with Crippen molar-refractivity contribution in [3.05, 3.63) is 68.7 Å². The smallest absolute Gasteiger partial charge is 0.303 e. The maximum atomic E-state index is 12.3. The number of halogens is 1. The van der Waals surface area contributed by atoms with E-state index in [1.54, 1.807) is 13.1 Å². The van der Waals surface area contributed by atoms with Crippen molar-refractivity contribution < 1.29 is 0 Å². The molecule has 3 aromatic rings. The normalized spacial score (nSPS) is 10.7. The highest BCUT2D eigenvalue weighted by Crippen LogP contribution is 2.23. The minimum Gasteiger partial charge on any atom is -0.303 e. The molecule has 0 spiro atoms. The summed E-state index contributed by atoms with van der Waals surface area (Å²) in [4.78, 5) is 32.5. The zero-order valence-electron chi connectivity index (χ0n) is 12.5. The van der Waals surface area contributed by atoms with Gasteiger partial charge in [0.25, 0.3) is 5.56 Å². The molecular formula is C16H13ClN4O2. The molecule has 0 atom stereocenters. The average Bonchev–Trinajstić information content (AvgIpc) is 2.56. The zero-order valence-corrected chi connectivity index (χ0v) is 13.3. The molecule has 0 saturated carbocycles. The van der Waals surface area contributed by atoms with Crippen LogP contribution in [0.4, 0.5) is 0 Å². The van der Waals surface area contributed by atoms with Crippen molar-refractivity contribution in [1.82, 2.24) is 19.1 Å². The topological polar surface area (TPSA) is 69.8 Å². The summed E-state index contributed by atoms with van der Waals surface area (Å²) in [5.41, 5.74) is 1.30. The summed E-state index contributed by atoms with van der Waals surface area (Å²) in [6.45, 7) is 0. The minimum atomic E-state index is -0.429. The standard InChI is InChI=1S/C16H13ClN4O2/c1-20-9-11(14(22)21(2)16(20)23)13-8-12(18-15(17)19-13)10-6-4-3-5-7-10/h3-9H,1-2H3. The molecule has 0 bridgehead atoms. The van der Waals surface area contributed by atoms with Gasteiger partial charge < -0.3 is 4.57 Å². The van der Waals surface area contributed by atoms with Gasteiger partial charge in [-0.05, 0) is 17.7 Å². The number of nitrogens with zero attached hydrogens (tertiary/aromatic N) is 4. The van der Waals surface area contributed by atoms with E-state index in [0.29, 0.717) is 11.4 Å². The lowest BCUT2D eigenvalue weighted by molar-refractivity contribution is 0.688. The number of benzene rings is 1. The fourth-order valence-electron chi connectivity index (χ4n) is 2.30. The Morgan fingerprint density at radius 3 is 2.35 bits per heavy atom. The summed E-state index contributed by atoms with van der Waals surface area (Å²) >= 11 is 6.01. The van der Waals surface area contributed by atoms with Crippen molar-refractivity contribution >= 4 is 11.6 Å². The molecule has 0 unspecified atom stereocenters. The van der Waals surface area contributed by atoms with Gasteiger partial charge in [-0.1, -0.05) is 30.3 Å². The molecule has 116 valence electrons. The molecule has 0 radical (unpaired) electrons. The largest absolute Gasteiger partial charge is 0.330 e. The van der Waals surface area contributed by atoms with E-state index in [9.17, 15) is 9.59 Å². The lowest BCUT2D eigenvalue weighted by atomic mass is 10.1.